The molecule has 0 heterocycles. The van der Waals surface area contributed by atoms with Crippen molar-refractivity contribution in [3.63, 3.8) is 0 Å². The summed E-state index contributed by atoms with van der Waals surface area (Å²) in [6.45, 7) is 0.691. The van der Waals surface area contributed by atoms with Crippen LogP contribution in [0.1, 0.15) is 13.3 Å². The molecule has 0 atom stereocenters. The van der Waals surface area contributed by atoms with Crippen LogP contribution >= 0.6 is 0 Å². The highest BCUT2D eigenvalue weighted by atomic mass is 32.2. The van der Waals surface area contributed by atoms with Gasteiger partial charge in [-0.05, 0) is 6.92 Å². The SMILES string of the molecule is CC(=O)CC(=O)COS(C)(=O)=O. The number of rotatable bonds is 5. The number of ketones is 2. The quantitative estimate of drug-likeness (QED) is 0.436. The Kier molecular flexibility index (Phi) is 4.05. The van der Waals surface area contributed by atoms with Crippen LogP contribution in [0.4, 0.5) is 0 Å². The van der Waals surface area contributed by atoms with Gasteiger partial charge in [-0.25, -0.2) is 0 Å². The Bertz CT molecular complexity index is 276. The largest absolute Gasteiger partial charge is 0.300 e. The van der Waals surface area contributed by atoms with Gasteiger partial charge < -0.3 is 0 Å². The molecular weight excluding hydrogens is 184 g/mol. The minimum Gasteiger partial charge on any atom is -0.300 e. The van der Waals surface area contributed by atoms with Crippen LogP contribution in [-0.4, -0.2) is 32.8 Å². The van der Waals surface area contributed by atoms with Crippen LogP contribution in [0.25, 0.3) is 0 Å². The maximum absolute atomic E-state index is 10.7. The van der Waals surface area contributed by atoms with Gasteiger partial charge in [0, 0.05) is 0 Å². The standard InChI is InChI=1S/C6H10O5S/c1-5(7)3-6(8)4-11-12(2,9)10/h3-4H2,1-2H3. The third kappa shape index (κ3) is 7.36. The lowest BCUT2D eigenvalue weighted by Crippen LogP contribution is -2.15. The van der Waals surface area contributed by atoms with E-state index in [4.69, 9.17) is 0 Å². The first-order valence-corrected chi connectivity index (χ1v) is 4.98. The van der Waals surface area contributed by atoms with E-state index in [0.29, 0.717) is 0 Å². The fourth-order valence-corrected chi connectivity index (χ4v) is 0.847. The molecule has 5 nitrogen and oxygen atoms in total. The average Bonchev–Trinajstić information content (AvgIpc) is 1.80. The Morgan fingerprint density at radius 3 is 2.17 bits per heavy atom. The predicted molar refractivity (Wildman–Crippen MR) is 41.1 cm³/mol. The van der Waals surface area contributed by atoms with Crippen LogP contribution in [0.2, 0.25) is 0 Å². The highest BCUT2D eigenvalue weighted by Crippen LogP contribution is 1.91. The van der Waals surface area contributed by atoms with Crippen LogP contribution in [0.15, 0.2) is 0 Å². The molecule has 0 unspecified atom stereocenters. The van der Waals surface area contributed by atoms with Gasteiger partial charge in [0.2, 0.25) is 0 Å². The second-order valence-corrected chi connectivity index (χ2v) is 4.03. The van der Waals surface area contributed by atoms with Crippen LogP contribution in [0, 0.1) is 0 Å². The summed E-state index contributed by atoms with van der Waals surface area (Å²) >= 11 is 0. The minimum absolute atomic E-state index is 0.282. The van der Waals surface area contributed by atoms with Gasteiger partial charge in [-0.1, -0.05) is 0 Å². The zero-order valence-electron chi connectivity index (χ0n) is 6.86. The Balaban J connectivity index is 3.81. The molecule has 0 aromatic heterocycles. The van der Waals surface area contributed by atoms with Gasteiger partial charge in [0.25, 0.3) is 10.1 Å². The molecule has 0 saturated heterocycles. The number of Topliss-reactive ketones (excluding diaryl/α,β-unsaturated/α-hetero) is 2. The molecule has 0 saturated carbocycles. The first-order chi connectivity index (χ1) is 5.31. The number of hydrogen-bond donors (Lipinski definition) is 0. The average molecular weight is 194 g/mol. The fourth-order valence-electron chi connectivity index (χ4n) is 0.501. The van der Waals surface area contributed by atoms with E-state index < -0.39 is 22.5 Å². The van der Waals surface area contributed by atoms with Gasteiger partial charge in [-0.2, -0.15) is 8.42 Å². The number of carbonyl (C=O) groups is 2. The van der Waals surface area contributed by atoms with Crippen molar-refractivity contribution in [3.05, 3.63) is 0 Å². The summed E-state index contributed by atoms with van der Waals surface area (Å²) in [5.74, 6) is -0.843. The molecular formula is C6H10O5S. The summed E-state index contributed by atoms with van der Waals surface area (Å²) in [6, 6.07) is 0. The summed E-state index contributed by atoms with van der Waals surface area (Å²) in [7, 11) is -3.59. The Morgan fingerprint density at radius 1 is 1.33 bits per heavy atom. The first-order valence-electron chi connectivity index (χ1n) is 3.17. The maximum atomic E-state index is 10.7. The van der Waals surface area contributed by atoms with E-state index in [9.17, 15) is 18.0 Å². The lowest BCUT2D eigenvalue weighted by atomic mass is 10.2. The van der Waals surface area contributed by atoms with Crippen LogP contribution in [-0.2, 0) is 23.9 Å². The summed E-state index contributed by atoms with van der Waals surface area (Å²) in [4.78, 5) is 21.0. The lowest BCUT2D eigenvalue weighted by molar-refractivity contribution is -0.127. The molecule has 0 aromatic rings. The normalized spacial score (nSPS) is 11.2. The Morgan fingerprint density at radius 2 is 1.83 bits per heavy atom. The minimum atomic E-state index is -3.59. The number of carbonyl (C=O) groups excluding carboxylic acids is 2. The predicted octanol–water partition coefficient (Wildman–Crippen LogP) is -0.489. The van der Waals surface area contributed by atoms with Gasteiger partial charge in [0.15, 0.2) is 5.78 Å². The highest BCUT2D eigenvalue weighted by molar-refractivity contribution is 7.86. The second-order valence-electron chi connectivity index (χ2n) is 2.38. The zero-order chi connectivity index (χ0) is 9.78. The van der Waals surface area contributed by atoms with Gasteiger partial charge in [0.05, 0.1) is 12.7 Å². The molecule has 0 N–H and O–H groups in total. The van der Waals surface area contributed by atoms with Crippen molar-refractivity contribution in [1.29, 1.82) is 0 Å². The molecule has 0 aliphatic heterocycles. The molecule has 0 radical (unpaired) electrons. The molecule has 0 spiro atoms. The molecule has 0 fully saturated rings. The van der Waals surface area contributed by atoms with Crippen molar-refractivity contribution in [1.82, 2.24) is 0 Å². The van der Waals surface area contributed by atoms with Gasteiger partial charge in [-0.15, -0.1) is 0 Å². The van der Waals surface area contributed by atoms with E-state index in [1.165, 1.54) is 6.92 Å². The van der Waals surface area contributed by atoms with Crippen LogP contribution in [0.3, 0.4) is 0 Å². The summed E-state index contributed by atoms with van der Waals surface area (Å²) < 4.78 is 24.9. The van der Waals surface area contributed by atoms with E-state index in [1.54, 1.807) is 0 Å². The summed E-state index contributed by atoms with van der Waals surface area (Å²) in [5.41, 5.74) is 0. The van der Waals surface area contributed by atoms with E-state index in [0.717, 1.165) is 6.26 Å². The molecule has 70 valence electrons. The van der Waals surface area contributed by atoms with Crippen molar-refractivity contribution < 1.29 is 22.2 Å². The maximum Gasteiger partial charge on any atom is 0.264 e. The highest BCUT2D eigenvalue weighted by Gasteiger charge is 2.09. The summed E-state index contributed by atoms with van der Waals surface area (Å²) in [6.07, 6.45) is 0.559. The van der Waals surface area contributed by atoms with Crippen LogP contribution in [0.5, 0.6) is 0 Å². The summed E-state index contributed by atoms with van der Waals surface area (Å²) in [5, 5.41) is 0. The van der Waals surface area contributed by atoms with E-state index in [1.807, 2.05) is 0 Å². The third-order valence-corrected chi connectivity index (χ3v) is 1.43. The van der Waals surface area contributed by atoms with Crippen molar-refractivity contribution in [2.24, 2.45) is 0 Å². The molecule has 0 aliphatic carbocycles. The molecule has 0 bridgehead atoms. The molecule has 0 amide bonds. The van der Waals surface area contributed by atoms with Gasteiger partial charge >= 0.3 is 0 Å². The number of hydrogen-bond acceptors (Lipinski definition) is 5. The first kappa shape index (κ1) is 11.2. The molecule has 0 aliphatic rings. The molecule has 12 heavy (non-hydrogen) atoms. The van der Waals surface area contributed by atoms with Gasteiger partial charge in [-0.3, -0.25) is 13.8 Å². The second kappa shape index (κ2) is 4.32. The third-order valence-electron chi connectivity index (χ3n) is 0.880. The fraction of sp³-hybridized carbons (Fsp3) is 0.667. The Labute approximate surface area is 70.8 Å². The molecule has 0 aromatic carbocycles. The van der Waals surface area contributed by atoms with Crippen molar-refractivity contribution in [2.45, 2.75) is 13.3 Å². The van der Waals surface area contributed by atoms with Crippen molar-refractivity contribution in [3.8, 4) is 0 Å². The van der Waals surface area contributed by atoms with E-state index >= 15 is 0 Å². The lowest BCUT2D eigenvalue weighted by Gasteiger charge is -1.97. The van der Waals surface area contributed by atoms with E-state index in [2.05, 4.69) is 4.18 Å². The van der Waals surface area contributed by atoms with E-state index in [-0.39, 0.29) is 12.2 Å². The monoisotopic (exact) mass is 194 g/mol. The zero-order valence-corrected chi connectivity index (χ0v) is 7.68. The van der Waals surface area contributed by atoms with Gasteiger partial charge in [0.1, 0.15) is 12.4 Å². The van der Waals surface area contributed by atoms with Crippen molar-refractivity contribution in [2.75, 3.05) is 12.9 Å². The molecule has 6 heteroatoms. The smallest absolute Gasteiger partial charge is 0.264 e. The molecule has 0 rings (SSSR count). The van der Waals surface area contributed by atoms with Crippen LogP contribution < -0.4 is 0 Å². The Hall–Kier alpha value is -0.750. The topological polar surface area (TPSA) is 77.5 Å². The van der Waals surface area contributed by atoms with Crippen molar-refractivity contribution >= 4 is 21.7 Å².